The fourth-order valence-corrected chi connectivity index (χ4v) is 3.36. The number of rotatable bonds is 7. The van der Waals surface area contributed by atoms with E-state index < -0.39 is 29.7 Å². The van der Waals surface area contributed by atoms with E-state index in [1.165, 1.54) is 7.11 Å². The summed E-state index contributed by atoms with van der Waals surface area (Å²) in [5.74, 6) is -1.53. The molecule has 1 N–H and O–H groups in total. The van der Waals surface area contributed by atoms with E-state index in [1.807, 2.05) is 5.48 Å². The second-order valence-electron chi connectivity index (χ2n) is 6.71. The Bertz CT molecular complexity index is 999. The van der Waals surface area contributed by atoms with Crippen molar-refractivity contribution in [2.75, 3.05) is 13.7 Å². The number of carbonyl (C=O) groups excluding carboxylic acids is 4. The van der Waals surface area contributed by atoms with Gasteiger partial charge in [0.15, 0.2) is 11.5 Å². The van der Waals surface area contributed by atoms with Gasteiger partial charge in [-0.2, -0.15) is 5.48 Å². The third-order valence-electron chi connectivity index (χ3n) is 4.70. The van der Waals surface area contributed by atoms with Gasteiger partial charge in [-0.15, -0.1) is 0 Å². The van der Waals surface area contributed by atoms with Crippen LogP contribution in [0.2, 0.25) is 0 Å². The van der Waals surface area contributed by atoms with Crippen LogP contribution in [-0.2, 0) is 14.4 Å². The molecule has 9 heteroatoms. The standard InChI is InChI=1S/C22H22N2O7/c1-4-30-19-11-14(9-10-18(19)29-3)17(12-20(26)23-31-13(2)25)24-21(27)15-7-5-6-8-16(15)22(24)28/h5-11,17H,4,12H2,1-3H3,(H,23,26). The largest absolute Gasteiger partial charge is 0.493 e. The minimum absolute atomic E-state index is 0.261. The van der Waals surface area contributed by atoms with Gasteiger partial charge in [-0.05, 0) is 36.8 Å². The fourth-order valence-electron chi connectivity index (χ4n) is 3.36. The van der Waals surface area contributed by atoms with Crippen molar-refractivity contribution in [2.24, 2.45) is 0 Å². The Morgan fingerprint density at radius 3 is 2.23 bits per heavy atom. The molecule has 3 rings (SSSR count). The number of imide groups is 1. The Kier molecular flexibility index (Phi) is 6.54. The van der Waals surface area contributed by atoms with Crippen molar-refractivity contribution in [1.29, 1.82) is 0 Å². The fraction of sp³-hybridized carbons (Fsp3) is 0.273. The molecule has 0 saturated heterocycles. The van der Waals surface area contributed by atoms with Crippen molar-refractivity contribution >= 4 is 23.7 Å². The summed E-state index contributed by atoms with van der Waals surface area (Å²) in [5.41, 5.74) is 3.03. The summed E-state index contributed by atoms with van der Waals surface area (Å²) >= 11 is 0. The maximum Gasteiger partial charge on any atom is 0.329 e. The molecule has 0 aromatic heterocycles. The number of hydroxylamine groups is 1. The number of amides is 3. The zero-order valence-corrected chi connectivity index (χ0v) is 17.3. The molecular weight excluding hydrogens is 404 g/mol. The lowest BCUT2D eigenvalue weighted by Gasteiger charge is -2.27. The molecule has 0 radical (unpaired) electrons. The molecule has 3 amide bonds. The lowest BCUT2D eigenvalue weighted by molar-refractivity contribution is -0.156. The number of hydrogen-bond donors (Lipinski definition) is 1. The zero-order valence-electron chi connectivity index (χ0n) is 17.3. The Morgan fingerprint density at radius 2 is 1.68 bits per heavy atom. The van der Waals surface area contributed by atoms with Crippen LogP contribution < -0.4 is 15.0 Å². The van der Waals surface area contributed by atoms with Gasteiger partial charge in [-0.1, -0.05) is 18.2 Å². The lowest BCUT2D eigenvalue weighted by Crippen LogP contribution is -2.38. The number of nitrogens with zero attached hydrogens (tertiary/aromatic N) is 1. The van der Waals surface area contributed by atoms with Crippen LogP contribution in [0.25, 0.3) is 0 Å². The first-order valence-electron chi connectivity index (χ1n) is 9.61. The summed E-state index contributed by atoms with van der Waals surface area (Å²) in [6, 6.07) is 10.4. The Morgan fingerprint density at radius 1 is 1.03 bits per heavy atom. The van der Waals surface area contributed by atoms with E-state index in [4.69, 9.17) is 9.47 Å². The topological polar surface area (TPSA) is 111 Å². The highest BCUT2D eigenvalue weighted by Gasteiger charge is 2.41. The first kappa shape index (κ1) is 21.8. The average molecular weight is 426 g/mol. The molecule has 1 heterocycles. The molecular formula is C22H22N2O7. The van der Waals surface area contributed by atoms with Gasteiger partial charge in [0.25, 0.3) is 17.7 Å². The van der Waals surface area contributed by atoms with Crippen molar-refractivity contribution in [3.8, 4) is 11.5 Å². The summed E-state index contributed by atoms with van der Waals surface area (Å²) in [5, 5.41) is 0. The second-order valence-corrected chi connectivity index (χ2v) is 6.71. The normalized spacial score (nSPS) is 13.5. The summed E-state index contributed by atoms with van der Waals surface area (Å²) in [6.07, 6.45) is -0.323. The van der Waals surface area contributed by atoms with Crippen LogP contribution in [0.15, 0.2) is 42.5 Å². The van der Waals surface area contributed by atoms with E-state index in [0.29, 0.717) is 23.7 Å². The molecule has 1 atom stereocenters. The minimum Gasteiger partial charge on any atom is -0.493 e. The molecule has 0 saturated carbocycles. The van der Waals surface area contributed by atoms with Gasteiger partial charge in [0, 0.05) is 6.92 Å². The molecule has 0 fully saturated rings. The summed E-state index contributed by atoms with van der Waals surface area (Å²) in [7, 11) is 1.49. The zero-order chi connectivity index (χ0) is 22.5. The number of fused-ring (bicyclic) bond motifs is 1. The van der Waals surface area contributed by atoms with Crippen LogP contribution in [0.1, 0.15) is 52.6 Å². The van der Waals surface area contributed by atoms with Gasteiger partial charge in [0.1, 0.15) is 0 Å². The SMILES string of the molecule is CCOc1cc(C(CC(=O)NOC(C)=O)N2C(=O)c3ccccc3C2=O)ccc1OC. The molecule has 2 aromatic carbocycles. The molecule has 0 aliphatic carbocycles. The summed E-state index contributed by atoms with van der Waals surface area (Å²) in [6.45, 7) is 3.31. The third kappa shape index (κ3) is 4.50. The van der Waals surface area contributed by atoms with Crippen molar-refractivity contribution in [1.82, 2.24) is 10.4 Å². The van der Waals surface area contributed by atoms with E-state index in [1.54, 1.807) is 49.4 Å². The minimum atomic E-state index is -0.965. The van der Waals surface area contributed by atoms with Crippen molar-refractivity contribution < 1.29 is 33.5 Å². The number of ether oxygens (including phenoxy) is 2. The predicted octanol–water partition coefficient (Wildman–Crippen LogP) is 2.42. The first-order valence-corrected chi connectivity index (χ1v) is 9.61. The quantitative estimate of drug-likeness (QED) is 0.535. The molecule has 31 heavy (non-hydrogen) atoms. The van der Waals surface area contributed by atoms with Crippen molar-refractivity contribution in [2.45, 2.75) is 26.3 Å². The second kappa shape index (κ2) is 9.29. The lowest BCUT2D eigenvalue weighted by atomic mass is 10.0. The van der Waals surface area contributed by atoms with Gasteiger partial charge >= 0.3 is 5.97 Å². The molecule has 0 spiro atoms. The number of carbonyl (C=O) groups is 4. The monoisotopic (exact) mass is 426 g/mol. The molecule has 9 nitrogen and oxygen atoms in total. The number of hydrogen-bond acceptors (Lipinski definition) is 7. The highest BCUT2D eigenvalue weighted by molar-refractivity contribution is 6.21. The van der Waals surface area contributed by atoms with Crippen LogP contribution in [-0.4, -0.2) is 42.3 Å². The van der Waals surface area contributed by atoms with Gasteiger partial charge < -0.3 is 14.3 Å². The Labute approximate surface area is 178 Å². The smallest absolute Gasteiger partial charge is 0.329 e. The van der Waals surface area contributed by atoms with Crippen LogP contribution in [0.5, 0.6) is 11.5 Å². The van der Waals surface area contributed by atoms with Crippen LogP contribution in [0.4, 0.5) is 0 Å². The molecule has 1 aliphatic heterocycles. The van der Waals surface area contributed by atoms with Gasteiger partial charge in [0.05, 0.1) is 37.3 Å². The predicted molar refractivity (Wildman–Crippen MR) is 108 cm³/mol. The molecule has 0 bridgehead atoms. The highest BCUT2D eigenvalue weighted by Crippen LogP contribution is 2.37. The summed E-state index contributed by atoms with van der Waals surface area (Å²) in [4.78, 5) is 55.1. The first-order chi connectivity index (χ1) is 14.9. The van der Waals surface area contributed by atoms with E-state index in [-0.39, 0.29) is 17.5 Å². The maximum absolute atomic E-state index is 13.0. The van der Waals surface area contributed by atoms with E-state index >= 15 is 0 Å². The highest BCUT2D eigenvalue weighted by atomic mass is 16.7. The van der Waals surface area contributed by atoms with Crippen molar-refractivity contribution in [3.05, 3.63) is 59.2 Å². The molecule has 1 unspecified atom stereocenters. The van der Waals surface area contributed by atoms with Crippen LogP contribution >= 0.6 is 0 Å². The summed E-state index contributed by atoms with van der Waals surface area (Å²) < 4.78 is 10.9. The molecule has 162 valence electrons. The van der Waals surface area contributed by atoms with Gasteiger partial charge in [0.2, 0.25) is 0 Å². The maximum atomic E-state index is 13.0. The van der Waals surface area contributed by atoms with Gasteiger partial charge in [-0.3, -0.25) is 24.1 Å². The number of nitrogens with one attached hydrogen (secondary N) is 1. The number of benzene rings is 2. The average Bonchev–Trinajstić information content (AvgIpc) is 3.01. The number of methoxy groups -OCH3 is 1. The Hall–Kier alpha value is -3.88. The van der Waals surface area contributed by atoms with E-state index in [0.717, 1.165) is 11.8 Å². The van der Waals surface area contributed by atoms with E-state index in [2.05, 4.69) is 4.84 Å². The van der Waals surface area contributed by atoms with Crippen molar-refractivity contribution in [3.63, 3.8) is 0 Å². The van der Waals surface area contributed by atoms with E-state index in [9.17, 15) is 19.2 Å². The molecule has 1 aliphatic rings. The van der Waals surface area contributed by atoms with Crippen LogP contribution in [0, 0.1) is 0 Å². The Balaban J connectivity index is 2.01. The third-order valence-corrected chi connectivity index (χ3v) is 4.70. The molecule has 2 aromatic rings. The van der Waals surface area contributed by atoms with Gasteiger partial charge in [-0.25, -0.2) is 0 Å². The van der Waals surface area contributed by atoms with Crippen LogP contribution in [0.3, 0.4) is 0 Å².